The molecule has 1 aliphatic heterocycles. The Balaban J connectivity index is 2.12. The molecule has 1 N–H and O–H groups in total. The topological polar surface area (TPSA) is 58.6 Å². The number of hydrogen-bond acceptors (Lipinski definition) is 4. The summed E-state index contributed by atoms with van der Waals surface area (Å²) in [7, 11) is 0. The first-order chi connectivity index (χ1) is 9.65. The van der Waals surface area contributed by atoms with Gasteiger partial charge in [-0.1, -0.05) is 12.1 Å². The van der Waals surface area contributed by atoms with E-state index < -0.39 is 0 Å². The van der Waals surface area contributed by atoms with Crippen molar-refractivity contribution in [2.75, 3.05) is 25.0 Å². The molecule has 1 aromatic carbocycles. The molecule has 0 saturated heterocycles. The van der Waals surface area contributed by atoms with Gasteiger partial charge in [-0.2, -0.15) is 0 Å². The van der Waals surface area contributed by atoms with Crippen LogP contribution >= 0.6 is 0 Å². The average Bonchev–Trinajstić information content (AvgIpc) is 2.44. The first kappa shape index (κ1) is 14.4. The number of carbonyl (C=O) groups is 2. The van der Waals surface area contributed by atoms with Crippen molar-refractivity contribution in [3.8, 4) is 0 Å². The zero-order valence-electron chi connectivity index (χ0n) is 11.9. The van der Waals surface area contributed by atoms with E-state index in [1.165, 1.54) is 0 Å². The van der Waals surface area contributed by atoms with Crippen LogP contribution in [0.5, 0.6) is 0 Å². The predicted octanol–water partition coefficient (Wildman–Crippen LogP) is 1.57. The van der Waals surface area contributed by atoms with Crippen molar-refractivity contribution in [1.82, 2.24) is 4.90 Å². The number of carbonyl (C=O) groups excluding carboxylic acids is 2. The number of likely N-dealkylation sites (N-methyl/N-ethyl adjacent to an activating group) is 1. The summed E-state index contributed by atoms with van der Waals surface area (Å²) in [6.45, 7) is 5.61. The molecule has 0 spiro atoms. The summed E-state index contributed by atoms with van der Waals surface area (Å²) in [6, 6.07) is 5.86. The lowest BCUT2D eigenvalue weighted by atomic mass is 9.97. The van der Waals surface area contributed by atoms with Crippen LogP contribution in [0.2, 0.25) is 0 Å². The first-order valence-corrected chi connectivity index (χ1v) is 6.93. The molecule has 0 aromatic heterocycles. The molecule has 0 atom stereocenters. The Bertz CT molecular complexity index is 514. The van der Waals surface area contributed by atoms with Crippen LogP contribution in [0.3, 0.4) is 0 Å². The van der Waals surface area contributed by atoms with E-state index in [0.29, 0.717) is 19.6 Å². The minimum atomic E-state index is -0.289. The largest absolute Gasteiger partial charge is 0.465 e. The van der Waals surface area contributed by atoms with Crippen LogP contribution in [0.25, 0.3) is 0 Å². The normalized spacial score (nSPS) is 13.9. The maximum absolute atomic E-state index is 12.0. The molecule has 0 saturated carbocycles. The molecule has 1 heterocycles. The van der Waals surface area contributed by atoms with Crippen molar-refractivity contribution in [3.05, 3.63) is 29.3 Å². The summed E-state index contributed by atoms with van der Waals surface area (Å²) < 4.78 is 4.89. The molecule has 20 heavy (non-hydrogen) atoms. The van der Waals surface area contributed by atoms with E-state index >= 15 is 0 Å². The van der Waals surface area contributed by atoms with Gasteiger partial charge in [0.15, 0.2) is 0 Å². The molecule has 108 valence electrons. The molecular weight excluding hydrogens is 256 g/mol. The molecule has 5 heteroatoms. The van der Waals surface area contributed by atoms with E-state index in [2.05, 4.69) is 5.32 Å². The summed E-state index contributed by atoms with van der Waals surface area (Å²) in [5.74, 6) is -0.159. The zero-order chi connectivity index (χ0) is 14.5. The zero-order valence-corrected chi connectivity index (χ0v) is 11.9. The fraction of sp³-hybridized carbons (Fsp3) is 0.467. The standard InChI is InChI=1S/C15H20N2O3/c1-3-17-10-11-6-5-7-13(12(11)8-14(17)18)16-9-15(19)20-4-2/h5-7,16H,3-4,8-10H2,1-2H3. The molecule has 5 nitrogen and oxygen atoms in total. The second-order valence-corrected chi connectivity index (χ2v) is 4.69. The lowest BCUT2D eigenvalue weighted by Crippen LogP contribution is -2.36. The summed E-state index contributed by atoms with van der Waals surface area (Å²) >= 11 is 0. The molecule has 1 aromatic rings. The number of nitrogens with one attached hydrogen (secondary N) is 1. The molecule has 0 bridgehead atoms. The smallest absolute Gasteiger partial charge is 0.325 e. The molecule has 0 aliphatic carbocycles. The highest BCUT2D eigenvalue weighted by Crippen LogP contribution is 2.26. The van der Waals surface area contributed by atoms with Gasteiger partial charge in [-0.3, -0.25) is 9.59 Å². The Labute approximate surface area is 118 Å². The minimum absolute atomic E-state index is 0.121. The second-order valence-electron chi connectivity index (χ2n) is 4.69. The van der Waals surface area contributed by atoms with Crippen molar-refractivity contribution >= 4 is 17.6 Å². The highest BCUT2D eigenvalue weighted by Gasteiger charge is 2.23. The van der Waals surface area contributed by atoms with Gasteiger partial charge >= 0.3 is 5.97 Å². The Hall–Kier alpha value is -2.04. The number of fused-ring (bicyclic) bond motifs is 1. The highest BCUT2D eigenvalue weighted by molar-refractivity contribution is 5.84. The van der Waals surface area contributed by atoms with Crippen molar-refractivity contribution in [1.29, 1.82) is 0 Å². The number of amides is 1. The van der Waals surface area contributed by atoms with Crippen LogP contribution in [0, 0.1) is 0 Å². The molecule has 1 aliphatic rings. The second kappa shape index (κ2) is 6.41. The van der Waals surface area contributed by atoms with Crippen molar-refractivity contribution in [2.24, 2.45) is 0 Å². The monoisotopic (exact) mass is 276 g/mol. The van der Waals surface area contributed by atoms with Gasteiger partial charge in [-0.05, 0) is 31.0 Å². The van der Waals surface area contributed by atoms with Crippen LogP contribution in [0.4, 0.5) is 5.69 Å². The van der Waals surface area contributed by atoms with Crippen molar-refractivity contribution in [3.63, 3.8) is 0 Å². The molecule has 0 unspecified atom stereocenters. The third-order valence-electron chi connectivity index (χ3n) is 3.43. The molecule has 0 fully saturated rings. The number of rotatable bonds is 5. The van der Waals surface area contributed by atoms with Gasteiger partial charge in [0.1, 0.15) is 6.54 Å². The van der Waals surface area contributed by atoms with Crippen LogP contribution in [0.1, 0.15) is 25.0 Å². The Kier molecular flexibility index (Phi) is 4.61. The Morgan fingerprint density at radius 1 is 1.40 bits per heavy atom. The lowest BCUT2D eigenvalue weighted by Gasteiger charge is -2.29. The first-order valence-electron chi connectivity index (χ1n) is 6.93. The Morgan fingerprint density at radius 3 is 2.90 bits per heavy atom. The fourth-order valence-electron chi connectivity index (χ4n) is 2.38. The predicted molar refractivity (Wildman–Crippen MR) is 76.4 cm³/mol. The number of nitrogens with zero attached hydrogens (tertiary/aromatic N) is 1. The van der Waals surface area contributed by atoms with E-state index in [1.54, 1.807) is 6.92 Å². The number of ether oxygens (including phenoxy) is 1. The van der Waals surface area contributed by atoms with E-state index in [0.717, 1.165) is 23.4 Å². The van der Waals surface area contributed by atoms with E-state index in [4.69, 9.17) is 4.74 Å². The van der Waals surface area contributed by atoms with E-state index in [-0.39, 0.29) is 18.4 Å². The highest BCUT2D eigenvalue weighted by atomic mass is 16.5. The maximum Gasteiger partial charge on any atom is 0.325 e. The van der Waals surface area contributed by atoms with Crippen LogP contribution in [-0.4, -0.2) is 36.5 Å². The summed E-state index contributed by atoms with van der Waals surface area (Å²) in [5, 5.41) is 3.07. The van der Waals surface area contributed by atoms with Gasteiger partial charge in [0.25, 0.3) is 0 Å². The summed E-state index contributed by atoms with van der Waals surface area (Å²) in [6.07, 6.45) is 0.384. The molecule has 1 amide bonds. The molecule has 2 rings (SSSR count). The van der Waals surface area contributed by atoms with Crippen LogP contribution < -0.4 is 5.32 Å². The number of anilines is 1. The Morgan fingerprint density at radius 2 is 2.20 bits per heavy atom. The minimum Gasteiger partial charge on any atom is -0.465 e. The van der Waals surface area contributed by atoms with Gasteiger partial charge < -0.3 is 15.0 Å². The molecular formula is C15H20N2O3. The summed E-state index contributed by atoms with van der Waals surface area (Å²) in [4.78, 5) is 25.2. The van der Waals surface area contributed by atoms with Crippen molar-refractivity contribution < 1.29 is 14.3 Å². The maximum atomic E-state index is 12.0. The number of benzene rings is 1. The third kappa shape index (κ3) is 3.10. The van der Waals surface area contributed by atoms with Gasteiger partial charge in [-0.25, -0.2) is 0 Å². The van der Waals surface area contributed by atoms with E-state index in [1.807, 2.05) is 30.0 Å². The third-order valence-corrected chi connectivity index (χ3v) is 3.43. The number of hydrogen-bond donors (Lipinski definition) is 1. The lowest BCUT2D eigenvalue weighted by molar-refractivity contribution is -0.140. The van der Waals surface area contributed by atoms with Crippen molar-refractivity contribution in [2.45, 2.75) is 26.8 Å². The average molecular weight is 276 g/mol. The van der Waals surface area contributed by atoms with Gasteiger partial charge in [0.2, 0.25) is 5.91 Å². The molecule has 0 radical (unpaired) electrons. The van der Waals surface area contributed by atoms with Crippen LogP contribution in [0.15, 0.2) is 18.2 Å². The number of esters is 1. The quantitative estimate of drug-likeness (QED) is 0.829. The SMILES string of the molecule is CCOC(=O)CNc1cccc2c1CC(=O)N(CC)C2. The van der Waals surface area contributed by atoms with Gasteiger partial charge in [0.05, 0.1) is 13.0 Å². The van der Waals surface area contributed by atoms with Gasteiger partial charge in [0, 0.05) is 18.8 Å². The van der Waals surface area contributed by atoms with Gasteiger partial charge in [-0.15, -0.1) is 0 Å². The van der Waals surface area contributed by atoms with Crippen LogP contribution in [-0.2, 0) is 27.3 Å². The summed E-state index contributed by atoms with van der Waals surface area (Å²) in [5.41, 5.74) is 2.98. The van der Waals surface area contributed by atoms with E-state index in [9.17, 15) is 9.59 Å². The fourth-order valence-corrected chi connectivity index (χ4v) is 2.38.